The lowest BCUT2D eigenvalue weighted by Crippen LogP contribution is -2.46. The average Bonchev–Trinajstić information content (AvgIpc) is 3.78. The van der Waals surface area contributed by atoms with E-state index < -0.39 is 15.8 Å². The summed E-state index contributed by atoms with van der Waals surface area (Å²) in [5, 5.41) is 17.4. The molecule has 272 valence electrons. The van der Waals surface area contributed by atoms with Gasteiger partial charge in [0.25, 0.3) is 0 Å². The lowest BCUT2D eigenvalue weighted by Gasteiger charge is -2.37. The predicted molar refractivity (Wildman–Crippen MR) is 195 cm³/mol. The molecule has 0 saturated carbocycles. The second kappa shape index (κ2) is 14.9. The van der Waals surface area contributed by atoms with Gasteiger partial charge in [-0.05, 0) is 85.6 Å². The monoisotopic (exact) mass is 726 g/mol. The quantitative estimate of drug-likeness (QED) is 0.200. The molecule has 2 aromatic heterocycles. The summed E-state index contributed by atoms with van der Waals surface area (Å²) in [4.78, 5) is 17.5. The predicted octanol–water partition coefficient (Wildman–Crippen LogP) is 3.66. The molecule has 2 aliphatic heterocycles. The molecule has 0 bridgehead atoms. The summed E-state index contributed by atoms with van der Waals surface area (Å²) in [5.74, 6) is -0.452. The SMILES string of the molecule is CCC(C)n1ncn(-c2ccc(N3CCN(c4ccc(OC[C@@H]5CO[C@](Cc6ccnnc6)(c6ccc(S(N)(=O)=O)cc6)O5)cc4)CC3)cc2)c1=O. The van der Waals surface area contributed by atoms with E-state index in [1.54, 1.807) is 35.4 Å². The van der Waals surface area contributed by atoms with E-state index in [2.05, 4.69) is 49.4 Å². The molecule has 15 heteroatoms. The zero-order chi connectivity index (χ0) is 36.3. The highest BCUT2D eigenvalue weighted by Gasteiger charge is 2.44. The molecule has 3 atom stereocenters. The van der Waals surface area contributed by atoms with Crippen LogP contribution in [0, 0.1) is 0 Å². The summed E-state index contributed by atoms with van der Waals surface area (Å²) in [6.45, 7) is 8.04. The van der Waals surface area contributed by atoms with Crippen LogP contribution in [0.15, 0.2) is 107 Å². The third-order valence-electron chi connectivity index (χ3n) is 9.68. The molecule has 3 aromatic carbocycles. The van der Waals surface area contributed by atoms with E-state index >= 15 is 0 Å². The molecule has 2 N–H and O–H groups in total. The Morgan fingerprint density at radius 2 is 1.54 bits per heavy atom. The minimum absolute atomic E-state index is 0.00691. The van der Waals surface area contributed by atoms with Crippen LogP contribution in [0.2, 0.25) is 0 Å². The Kier molecular flexibility index (Phi) is 10.1. The number of nitrogens with zero attached hydrogens (tertiary/aromatic N) is 7. The van der Waals surface area contributed by atoms with E-state index in [1.807, 2.05) is 44.2 Å². The van der Waals surface area contributed by atoms with Crippen molar-refractivity contribution in [3.63, 3.8) is 0 Å². The number of primary sulfonamides is 1. The van der Waals surface area contributed by atoms with Crippen LogP contribution in [0.3, 0.4) is 0 Å². The highest BCUT2D eigenvalue weighted by atomic mass is 32.2. The van der Waals surface area contributed by atoms with Gasteiger partial charge in [-0.1, -0.05) is 19.1 Å². The molecule has 0 amide bonds. The Labute approximate surface area is 302 Å². The zero-order valence-electron chi connectivity index (χ0n) is 29.1. The van der Waals surface area contributed by atoms with Gasteiger partial charge in [0.1, 0.15) is 24.8 Å². The van der Waals surface area contributed by atoms with E-state index in [-0.39, 0.29) is 35.9 Å². The Hall–Kier alpha value is -5.09. The molecule has 0 spiro atoms. The number of aromatic nitrogens is 5. The largest absolute Gasteiger partial charge is 0.491 e. The van der Waals surface area contributed by atoms with E-state index in [1.165, 1.54) is 16.8 Å². The summed E-state index contributed by atoms with van der Waals surface area (Å²) in [7, 11) is -3.85. The third kappa shape index (κ3) is 7.58. The second-order valence-electron chi connectivity index (χ2n) is 13.1. The van der Waals surface area contributed by atoms with Gasteiger partial charge in [0.05, 0.1) is 29.4 Å². The fraction of sp³-hybridized carbons (Fsp3) is 0.351. The van der Waals surface area contributed by atoms with Gasteiger partial charge in [-0.3, -0.25) is 0 Å². The topological polar surface area (TPSA) is 160 Å². The molecule has 4 heterocycles. The first-order chi connectivity index (χ1) is 25.1. The fourth-order valence-corrected chi connectivity index (χ4v) is 7.06. The van der Waals surface area contributed by atoms with E-state index in [9.17, 15) is 13.2 Å². The lowest BCUT2D eigenvalue weighted by molar-refractivity contribution is -0.178. The summed E-state index contributed by atoms with van der Waals surface area (Å²) in [5.41, 5.74) is 4.42. The van der Waals surface area contributed by atoms with Crippen LogP contribution in [0.25, 0.3) is 5.69 Å². The molecule has 7 rings (SSSR count). The number of nitrogens with two attached hydrogens (primary N) is 1. The van der Waals surface area contributed by atoms with Crippen LogP contribution in [0.4, 0.5) is 11.4 Å². The molecule has 52 heavy (non-hydrogen) atoms. The van der Waals surface area contributed by atoms with Crippen molar-refractivity contribution in [2.45, 2.75) is 49.5 Å². The van der Waals surface area contributed by atoms with Crippen molar-refractivity contribution in [3.05, 3.63) is 119 Å². The maximum atomic E-state index is 12.8. The lowest BCUT2D eigenvalue weighted by atomic mass is 9.98. The maximum Gasteiger partial charge on any atom is 0.350 e. The van der Waals surface area contributed by atoms with Gasteiger partial charge in [0.2, 0.25) is 10.0 Å². The summed E-state index contributed by atoms with van der Waals surface area (Å²) >= 11 is 0. The molecule has 5 aromatic rings. The maximum absolute atomic E-state index is 12.8. The Morgan fingerprint density at radius 1 is 0.904 bits per heavy atom. The molecule has 1 unspecified atom stereocenters. The fourth-order valence-electron chi connectivity index (χ4n) is 6.54. The van der Waals surface area contributed by atoms with Crippen molar-refractivity contribution in [2.24, 2.45) is 5.14 Å². The van der Waals surface area contributed by atoms with Crippen molar-refractivity contribution < 1.29 is 22.6 Å². The third-order valence-corrected chi connectivity index (χ3v) is 10.6. The number of rotatable bonds is 12. The van der Waals surface area contributed by atoms with Gasteiger partial charge >= 0.3 is 5.69 Å². The van der Waals surface area contributed by atoms with Gasteiger partial charge < -0.3 is 24.0 Å². The molecule has 14 nitrogen and oxygen atoms in total. The number of hydrogen-bond acceptors (Lipinski definition) is 11. The van der Waals surface area contributed by atoms with Crippen LogP contribution < -0.4 is 25.4 Å². The highest BCUT2D eigenvalue weighted by Crippen LogP contribution is 2.38. The molecule has 0 aliphatic carbocycles. The number of hydrogen-bond donors (Lipinski definition) is 1. The van der Waals surface area contributed by atoms with Crippen molar-refractivity contribution in [2.75, 3.05) is 49.2 Å². The Bertz CT molecular complexity index is 2120. The van der Waals surface area contributed by atoms with Gasteiger partial charge in [-0.25, -0.2) is 27.6 Å². The molecule has 2 fully saturated rings. The van der Waals surface area contributed by atoms with Gasteiger partial charge in [-0.15, -0.1) is 0 Å². The van der Waals surface area contributed by atoms with Crippen molar-refractivity contribution in [3.8, 4) is 11.4 Å². The van der Waals surface area contributed by atoms with Crippen molar-refractivity contribution >= 4 is 21.4 Å². The van der Waals surface area contributed by atoms with Crippen LogP contribution in [0.5, 0.6) is 5.75 Å². The number of benzene rings is 3. The smallest absolute Gasteiger partial charge is 0.350 e. The number of piperazine rings is 1. The number of ether oxygens (including phenoxy) is 3. The summed E-state index contributed by atoms with van der Waals surface area (Å²) in [6.07, 6.45) is 5.64. The number of anilines is 2. The molecule has 2 saturated heterocycles. The van der Waals surface area contributed by atoms with Gasteiger partial charge in [0.15, 0.2) is 5.79 Å². The summed E-state index contributed by atoms with van der Waals surface area (Å²) in [6, 6.07) is 24.2. The van der Waals surface area contributed by atoms with Gasteiger partial charge in [-0.2, -0.15) is 15.3 Å². The molecule has 2 aliphatic rings. The first-order valence-corrected chi connectivity index (χ1v) is 18.9. The van der Waals surface area contributed by atoms with Crippen LogP contribution in [0.1, 0.15) is 37.4 Å². The standard InChI is InChI=1S/C37H42N8O6S/c1-3-27(2)45-36(46)44(26-41-45)32-8-6-30(7-9-32)42-18-20-43(21-19-42)31-10-12-33(13-11-31)49-24-34-25-50-37(51-34,22-28-16-17-39-40-23-28)29-4-14-35(15-5-29)52(38,47)48/h4-17,23,26-27,34H,3,18-22,24-25H2,1-2H3,(H2,38,47,48)/t27?,34-,37+/m1/s1. The van der Waals surface area contributed by atoms with E-state index in [4.69, 9.17) is 19.3 Å². The second-order valence-corrected chi connectivity index (χ2v) is 14.6. The van der Waals surface area contributed by atoms with Crippen LogP contribution in [-0.4, -0.2) is 78.5 Å². The highest BCUT2D eigenvalue weighted by molar-refractivity contribution is 7.89. The zero-order valence-corrected chi connectivity index (χ0v) is 29.9. The minimum Gasteiger partial charge on any atom is -0.491 e. The Balaban J connectivity index is 0.933. The van der Waals surface area contributed by atoms with Crippen molar-refractivity contribution in [1.29, 1.82) is 0 Å². The van der Waals surface area contributed by atoms with Gasteiger partial charge in [0, 0.05) is 55.7 Å². The molecular weight excluding hydrogens is 685 g/mol. The average molecular weight is 727 g/mol. The molecular formula is C37H42N8O6S. The minimum atomic E-state index is -3.85. The summed E-state index contributed by atoms with van der Waals surface area (Å²) < 4.78 is 45.7. The van der Waals surface area contributed by atoms with E-state index in [0.717, 1.165) is 55.2 Å². The van der Waals surface area contributed by atoms with Crippen molar-refractivity contribution in [1.82, 2.24) is 24.5 Å². The first-order valence-electron chi connectivity index (χ1n) is 17.3. The van der Waals surface area contributed by atoms with Crippen LogP contribution in [-0.2, 0) is 31.7 Å². The van der Waals surface area contributed by atoms with E-state index in [0.29, 0.717) is 17.7 Å². The normalized spacial score (nSPS) is 19.9. The van der Waals surface area contributed by atoms with Crippen LogP contribution >= 0.6 is 0 Å². The number of sulfonamides is 1. The first kappa shape index (κ1) is 35.3. The Morgan fingerprint density at radius 3 is 2.13 bits per heavy atom. The molecule has 0 radical (unpaired) electrons.